The molecular weight excluding hydrogens is 377 g/mol. The molecule has 0 bridgehead atoms. The number of ether oxygens (including phenoxy) is 1. The number of fused-ring (bicyclic) bond motifs is 1. The van der Waals surface area contributed by atoms with Crippen molar-refractivity contribution in [1.82, 2.24) is 9.78 Å². The predicted octanol–water partition coefficient (Wildman–Crippen LogP) is 4.34. The zero-order valence-corrected chi connectivity index (χ0v) is 16.3. The molecule has 5 nitrogen and oxygen atoms in total. The first-order valence-corrected chi connectivity index (χ1v) is 10.2. The number of nitrogens with zero attached hydrogens (tertiary/aromatic N) is 2. The van der Waals surface area contributed by atoms with Crippen LogP contribution in [0.3, 0.4) is 0 Å². The molecule has 0 aliphatic carbocycles. The van der Waals surface area contributed by atoms with Gasteiger partial charge in [0.15, 0.2) is 0 Å². The first-order chi connectivity index (χ1) is 13.6. The number of nitrogens with one attached hydrogen (secondary N) is 1. The third-order valence-corrected chi connectivity index (χ3v) is 5.65. The number of carbonyl (C=O) groups excluding carboxylic acids is 1. The van der Waals surface area contributed by atoms with Crippen molar-refractivity contribution >= 4 is 23.5 Å². The Hall–Kier alpha value is -2.80. The quantitative estimate of drug-likeness (QED) is 0.672. The fraction of sp³-hybridized carbons (Fsp3) is 0.238. The highest BCUT2D eigenvalue weighted by Crippen LogP contribution is 2.36. The molecule has 3 aromatic rings. The fourth-order valence-corrected chi connectivity index (χ4v) is 4.19. The molecule has 0 saturated heterocycles. The zero-order chi connectivity index (χ0) is 19.5. The summed E-state index contributed by atoms with van der Waals surface area (Å²) in [5.74, 6) is 2.74. The van der Waals surface area contributed by atoms with Crippen LogP contribution in [0.25, 0.3) is 5.69 Å². The van der Waals surface area contributed by atoms with Crippen molar-refractivity contribution in [2.24, 2.45) is 0 Å². The van der Waals surface area contributed by atoms with E-state index in [1.165, 1.54) is 12.1 Å². The largest absolute Gasteiger partial charge is 0.497 e. The minimum absolute atomic E-state index is 0.0706. The third-order valence-electron chi connectivity index (χ3n) is 4.68. The van der Waals surface area contributed by atoms with Crippen molar-refractivity contribution in [3.63, 3.8) is 0 Å². The highest BCUT2D eigenvalue weighted by molar-refractivity contribution is 7.98. The van der Waals surface area contributed by atoms with Crippen LogP contribution in [0.2, 0.25) is 0 Å². The smallest absolute Gasteiger partial charge is 0.225 e. The number of anilines is 1. The molecule has 0 radical (unpaired) electrons. The lowest BCUT2D eigenvalue weighted by Crippen LogP contribution is -2.16. The van der Waals surface area contributed by atoms with Crippen molar-refractivity contribution in [2.45, 2.75) is 24.3 Å². The molecule has 2 aromatic carbocycles. The van der Waals surface area contributed by atoms with Crippen molar-refractivity contribution in [1.29, 1.82) is 0 Å². The molecule has 7 heteroatoms. The van der Waals surface area contributed by atoms with Gasteiger partial charge >= 0.3 is 0 Å². The number of hydrogen-bond acceptors (Lipinski definition) is 4. The van der Waals surface area contributed by atoms with Gasteiger partial charge < -0.3 is 10.1 Å². The van der Waals surface area contributed by atoms with Crippen LogP contribution in [-0.2, 0) is 22.7 Å². The van der Waals surface area contributed by atoms with Gasteiger partial charge in [-0.15, -0.1) is 0 Å². The lowest BCUT2D eigenvalue weighted by atomic mass is 10.1. The number of benzene rings is 2. The Morgan fingerprint density at radius 1 is 1.18 bits per heavy atom. The van der Waals surface area contributed by atoms with Crippen LogP contribution in [0.15, 0.2) is 48.5 Å². The van der Waals surface area contributed by atoms with Crippen LogP contribution in [0.1, 0.15) is 23.2 Å². The molecule has 1 aliphatic rings. The van der Waals surface area contributed by atoms with E-state index in [9.17, 15) is 9.18 Å². The SMILES string of the molecule is COc1ccc(CCC(=O)Nc2c3c(nn2-c2ccc(F)cc2)CSC3)cc1. The Labute approximate surface area is 166 Å². The monoisotopic (exact) mass is 397 g/mol. The summed E-state index contributed by atoms with van der Waals surface area (Å²) in [6.45, 7) is 0. The van der Waals surface area contributed by atoms with E-state index in [0.717, 1.165) is 39.8 Å². The van der Waals surface area contributed by atoms with E-state index in [2.05, 4.69) is 10.4 Å². The molecule has 0 atom stereocenters. The maximum atomic E-state index is 13.3. The fourth-order valence-electron chi connectivity index (χ4n) is 3.16. The molecule has 28 heavy (non-hydrogen) atoms. The molecule has 0 unspecified atom stereocenters. The average Bonchev–Trinajstić information content (AvgIpc) is 3.30. The van der Waals surface area contributed by atoms with E-state index in [0.29, 0.717) is 18.7 Å². The molecule has 0 fully saturated rings. The average molecular weight is 397 g/mol. The Bertz CT molecular complexity index is 984. The number of hydrogen-bond donors (Lipinski definition) is 1. The number of halogens is 1. The predicted molar refractivity (Wildman–Crippen MR) is 108 cm³/mol. The van der Waals surface area contributed by atoms with Gasteiger partial charge in [0.2, 0.25) is 5.91 Å². The van der Waals surface area contributed by atoms with E-state index < -0.39 is 0 Å². The van der Waals surface area contributed by atoms with Gasteiger partial charge in [-0.1, -0.05) is 12.1 Å². The van der Waals surface area contributed by atoms with Gasteiger partial charge in [-0.25, -0.2) is 9.07 Å². The number of amides is 1. The molecule has 1 amide bonds. The summed E-state index contributed by atoms with van der Waals surface area (Å²) < 4.78 is 20.1. The van der Waals surface area contributed by atoms with E-state index >= 15 is 0 Å². The first kappa shape index (κ1) is 18.6. The van der Waals surface area contributed by atoms with Gasteiger partial charge in [-0.2, -0.15) is 16.9 Å². The maximum absolute atomic E-state index is 13.3. The number of rotatable bonds is 6. The van der Waals surface area contributed by atoms with Crippen LogP contribution in [0.5, 0.6) is 5.75 Å². The van der Waals surface area contributed by atoms with Crippen molar-refractivity contribution < 1.29 is 13.9 Å². The van der Waals surface area contributed by atoms with Gasteiger partial charge in [-0.05, 0) is 48.4 Å². The highest BCUT2D eigenvalue weighted by Gasteiger charge is 2.24. The highest BCUT2D eigenvalue weighted by atomic mass is 32.2. The van der Waals surface area contributed by atoms with Gasteiger partial charge in [0.05, 0.1) is 18.5 Å². The molecule has 1 N–H and O–H groups in total. The standard InChI is InChI=1S/C21H20FN3O2S/c1-27-17-9-2-14(3-10-17)4-11-20(26)23-21-18-12-28-13-19(18)24-25(21)16-7-5-15(22)6-8-16/h2-3,5-10H,4,11-13H2,1H3,(H,23,26). The van der Waals surface area contributed by atoms with Crippen LogP contribution < -0.4 is 10.1 Å². The van der Waals surface area contributed by atoms with Gasteiger partial charge in [0, 0.05) is 23.5 Å². The summed E-state index contributed by atoms with van der Waals surface area (Å²) in [4.78, 5) is 12.6. The number of aryl methyl sites for hydroxylation is 1. The number of methoxy groups -OCH3 is 1. The van der Waals surface area contributed by atoms with E-state index in [4.69, 9.17) is 4.74 Å². The molecule has 1 aliphatic heterocycles. The molecule has 2 heterocycles. The second-order valence-corrected chi connectivity index (χ2v) is 7.54. The lowest BCUT2D eigenvalue weighted by Gasteiger charge is -2.11. The third kappa shape index (κ3) is 3.89. The van der Waals surface area contributed by atoms with Gasteiger partial charge in [0.1, 0.15) is 17.4 Å². The summed E-state index contributed by atoms with van der Waals surface area (Å²) in [5, 5.41) is 7.65. The molecular formula is C21H20FN3O2S. The summed E-state index contributed by atoms with van der Waals surface area (Å²) in [5.41, 5.74) is 3.82. The van der Waals surface area contributed by atoms with E-state index in [1.54, 1.807) is 35.7 Å². The van der Waals surface area contributed by atoms with E-state index in [-0.39, 0.29) is 11.7 Å². The molecule has 144 valence electrons. The Balaban J connectivity index is 1.50. The second kappa shape index (κ2) is 8.06. The molecule has 1 aromatic heterocycles. The Morgan fingerprint density at radius 2 is 1.93 bits per heavy atom. The molecule has 0 spiro atoms. The van der Waals surface area contributed by atoms with Crippen LogP contribution in [0.4, 0.5) is 10.2 Å². The number of aromatic nitrogens is 2. The Kier molecular flexibility index (Phi) is 5.34. The summed E-state index contributed by atoms with van der Waals surface area (Å²) in [7, 11) is 1.63. The zero-order valence-electron chi connectivity index (χ0n) is 15.4. The summed E-state index contributed by atoms with van der Waals surface area (Å²) in [6, 6.07) is 13.8. The van der Waals surface area contributed by atoms with Crippen molar-refractivity contribution in [3.05, 3.63) is 71.2 Å². The molecule has 0 saturated carbocycles. The number of carbonyl (C=O) groups is 1. The molecule has 4 rings (SSSR count). The topological polar surface area (TPSA) is 56.1 Å². The van der Waals surface area contributed by atoms with Crippen LogP contribution in [0, 0.1) is 5.82 Å². The van der Waals surface area contributed by atoms with Gasteiger partial charge in [0.25, 0.3) is 0 Å². The van der Waals surface area contributed by atoms with E-state index in [1.807, 2.05) is 24.3 Å². The van der Waals surface area contributed by atoms with Crippen molar-refractivity contribution in [2.75, 3.05) is 12.4 Å². The number of thioether (sulfide) groups is 1. The van der Waals surface area contributed by atoms with Crippen molar-refractivity contribution in [3.8, 4) is 11.4 Å². The summed E-state index contributed by atoms with van der Waals surface area (Å²) in [6.07, 6.45) is 1.00. The van der Waals surface area contributed by atoms with Gasteiger partial charge in [-0.3, -0.25) is 4.79 Å². The lowest BCUT2D eigenvalue weighted by molar-refractivity contribution is -0.116. The maximum Gasteiger partial charge on any atom is 0.225 e. The summed E-state index contributed by atoms with van der Waals surface area (Å²) >= 11 is 1.77. The van der Waals surface area contributed by atoms with Crippen LogP contribution >= 0.6 is 11.8 Å². The second-order valence-electron chi connectivity index (χ2n) is 6.55. The Morgan fingerprint density at radius 3 is 2.64 bits per heavy atom. The normalized spacial score (nSPS) is 12.6. The first-order valence-electron chi connectivity index (χ1n) is 9.01. The minimum atomic E-state index is -0.302. The minimum Gasteiger partial charge on any atom is -0.497 e. The van der Waals surface area contributed by atoms with Crippen LogP contribution in [-0.4, -0.2) is 22.8 Å².